The molecule has 0 unspecified atom stereocenters. The average Bonchev–Trinajstić information content (AvgIpc) is 3.13. The van der Waals surface area contributed by atoms with Crippen LogP contribution in [0.25, 0.3) is 5.69 Å². The lowest BCUT2D eigenvalue weighted by atomic mass is 10.2. The van der Waals surface area contributed by atoms with Crippen molar-refractivity contribution >= 4 is 35.1 Å². The Bertz CT molecular complexity index is 987. The van der Waals surface area contributed by atoms with Crippen molar-refractivity contribution in [2.45, 2.75) is 28.6 Å². The molecule has 0 radical (unpaired) electrons. The number of benzene rings is 2. The standard InChI is InChI=1S/C20H17ClN2OS2/c1-13(14-5-3-2-4-6-14)26-20-22-17-11-12-25-18(17)19(24)23(20)16-9-7-15(21)8-10-16/h2-10,13H,11-12H2,1H3/t13-/m1/s1. The Morgan fingerprint density at radius 3 is 2.62 bits per heavy atom. The molecule has 0 spiro atoms. The number of thioether (sulfide) groups is 2. The highest BCUT2D eigenvalue weighted by atomic mass is 35.5. The van der Waals surface area contributed by atoms with Crippen molar-refractivity contribution in [1.82, 2.24) is 9.55 Å². The van der Waals surface area contributed by atoms with Crippen LogP contribution in [0.2, 0.25) is 5.02 Å². The number of halogens is 1. The van der Waals surface area contributed by atoms with Gasteiger partial charge in [-0.25, -0.2) is 4.98 Å². The number of fused-ring (bicyclic) bond motifs is 1. The van der Waals surface area contributed by atoms with E-state index in [1.54, 1.807) is 40.2 Å². The minimum Gasteiger partial charge on any atom is -0.268 e. The molecule has 0 N–H and O–H groups in total. The fourth-order valence-corrected chi connectivity index (χ4v) is 5.16. The van der Waals surface area contributed by atoms with Crippen molar-refractivity contribution in [2.24, 2.45) is 0 Å². The van der Waals surface area contributed by atoms with Gasteiger partial charge in [-0.05, 0) is 36.8 Å². The molecule has 0 bridgehead atoms. The first-order valence-electron chi connectivity index (χ1n) is 8.40. The Kier molecular flexibility index (Phi) is 5.11. The summed E-state index contributed by atoms with van der Waals surface area (Å²) in [6, 6.07) is 17.6. The summed E-state index contributed by atoms with van der Waals surface area (Å²) in [5.41, 5.74) is 2.95. The maximum absolute atomic E-state index is 13.1. The molecule has 6 heteroatoms. The van der Waals surface area contributed by atoms with E-state index in [0.717, 1.165) is 33.6 Å². The van der Waals surface area contributed by atoms with Gasteiger partial charge in [-0.2, -0.15) is 0 Å². The zero-order valence-corrected chi connectivity index (χ0v) is 16.6. The Morgan fingerprint density at radius 1 is 1.15 bits per heavy atom. The summed E-state index contributed by atoms with van der Waals surface area (Å²) in [5.74, 6) is 0.917. The molecule has 132 valence electrons. The molecule has 2 aromatic carbocycles. The van der Waals surface area contributed by atoms with Gasteiger partial charge in [0.15, 0.2) is 5.16 Å². The largest absolute Gasteiger partial charge is 0.272 e. The third kappa shape index (κ3) is 3.43. The Labute approximate surface area is 165 Å². The van der Waals surface area contributed by atoms with Crippen molar-refractivity contribution in [1.29, 1.82) is 0 Å². The van der Waals surface area contributed by atoms with Crippen LogP contribution in [0.5, 0.6) is 0 Å². The highest BCUT2D eigenvalue weighted by Crippen LogP contribution is 2.36. The van der Waals surface area contributed by atoms with Crippen molar-refractivity contribution in [3.05, 3.63) is 81.2 Å². The topological polar surface area (TPSA) is 34.9 Å². The van der Waals surface area contributed by atoms with Crippen molar-refractivity contribution in [3.8, 4) is 5.69 Å². The first-order chi connectivity index (χ1) is 12.6. The van der Waals surface area contributed by atoms with Crippen LogP contribution in [0, 0.1) is 0 Å². The zero-order valence-electron chi connectivity index (χ0n) is 14.2. The fraction of sp³-hybridized carbons (Fsp3) is 0.200. The summed E-state index contributed by atoms with van der Waals surface area (Å²) in [7, 11) is 0. The molecule has 4 rings (SSSR count). The van der Waals surface area contributed by atoms with Gasteiger partial charge in [-0.1, -0.05) is 53.7 Å². The summed E-state index contributed by atoms with van der Waals surface area (Å²) in [5, 5.41) is 1.57. The molecule has 1 aliphatic heterocycles. The molecule has 26 heavy (non-hydrogen) atoms. The SMILES string of the molecule is C[C@@H](Sc1nc2c(c(=O)n1-c1ccc(Cl)cc1)SCC2)c1ccccc1. The summed E-state index contributed by atoms with van der Waals surface area (Å²) in [6.45, 7) is 2.14. The van der Waals surface area contributed by atoms with Gasteiger partial charge < -0.3 is 0 Å². The maximum atomic E-state index is 13.1. The number of nitrogens with zero attached hydrogens (tertiary/aromatic N) is 2. The predicted octanol–water partition coefficient (Wildman–Crippen LogP) is 5.39. The van der Waals surface area contributed by atoms with Gasteiger partial charge in [0.1, 0.15) is 0 Å². The summed E-state index contributed by atoms with van der Waals surface area (Å²) < 4.78 is 1.72. The smallest absolute Gasteiger partial charge is 0.268 e. The van der Waals surface area contributed by atoms with Crippen LogP contribution in [0.15, 0.2) is 69.4 Å². The molecule has 1 aliphatic rings. The lowest BCUT2D eigenvalue weighted by molar-refractivity contribution is 0.737. The predicted molar refractivity (Wildman–Crippen MR) is 110 cm³/mol. The quantitative estimate of drug-likeness (QED) is 0.434. The number of hydrogen-bond acceptors (Lipinski definition) is 4. The average molecular weight is 401 g/mol. The first kappa shape index (κ1) is 17.7. The molecule has 1 atom stereocenters. The van der Waals surface area contributed by atoms with Gasteiger partial charge in [0.25, 0.3) is 5.56 Å². The van der Waals surface area contributed by atoms with E-state index in [9.17, 15) is 4.79 Å². The highest BCUT2D eigenvalue weighted by molar-refractivity contribution is 7.99. The fourth-order valence-electron chi connectivity index (χ4n) is 2.94. The first-order valence-corrected chi connectivity index (χ1v) is 10.6. The third-order valence-electron chi connectivity index (χ3n) is 4.30. The molecule has 0 aliphatic carbocycles. The molecule has 0 fully saturated rings. The molecule has 2 heterocycles. The van der Waals surface area contributed by atoms with Crippen LogP contribution in [0.4, 0.5) is 0 Å². The maximum Gasteiger partial charge on any atom is 0.272 e. The van der Waals surface area contributed by atoms with Crippen LogP contribution in [-0.2, 0) is 6.42 Å². The lowest BCUT2D eigenvalue weighted by Crippen LogP contribution is -2.24. The minimum atomic E-state index is 0.0163. The third-order valence-corrected chi connectivity index (χ3v) is 6.77. The molecule has 3 aromatic rings. The highest BCUT2D eigenvalue weighted by Gasteiger charge is 2.23. The van der Waals surface area contributed by atoms with Gasteiger partial charge in [0.2, 0.25) is 0 Å². The van der Waals surface area contributed by atoms with Crippen molar-refractivity contribution in [3.63, 3.8) is 0 Å². The van der Waals surface area contributed by atoms with E-state index in [-0.39, 0.29) is 10.8 Å². The molecular formula is C20H17ClN2OS2. The van der Waals surface area contributed by atoms with E-state index < -0.39 is 0 Å². The second-order valence-corrected chi connectivity index (χ2v) is 8.91. The molecule has 1 aromatic heterocycles. The van der Waals surface area contributed by atoms with Crippen molar-refractivity contribution in [2.75, 3.05) is 5.75 Å². The number of aromatic nitrogens is 2. The minimum absolute atomic E-state index is 0.0163. The second-order valence-electron chi connectivity index (χ2n) is 6.06. The zero-order chi connectivity index (χ0) is 18.1. The molecular weight excluding hydrogens is 384 g/mol. The van der Waals surface area contributed by atoms with E-state index in [0.29, 0.717) is 5.02 Å². The van der Waals surface area contributed by atoms with Crippen LogP contribution >= 0.6 is 35.1 Å². The second kappa shape index (κ2) is 7.51. The van der Waals surface area contributed by atoms with Crippen LogP contribution in [0.3, 0.4) is 0 Å². The van der Waals surface area contributed by atoms with Crippen LogP contribution < -0.4 is 5.56 Å². The Balaban J connectivity index is 1.81. The lowest BCUT2D eigenvalue weighted by Gasteiger charge is -2.17. The van der Waals surface area contributed by atoms with Crippen molar-refractivity contribution < 1.29 is 0 Å². The Hall–Kier alpha value is -1.69. The van der Waals surface area contributed by atoms with Gasteiger partial charge in [0.05, 0.1) is 16.3 Å². The summed E-state index contributed by atoms with van der Waals surface area (Å²) in [6.07, 6.45) is 0.851. The van der Waals surface area contributed by atoms with E-state index in [1.165, 1.54) is 5.56 Å². The summed E-state index contributed by atoms with van der Waals surface area (Å²) in [4.78, 5) is 18.8. The van der Waals surface area contributed by atoms with Gasteiger partial charge in [-0.3, -0.25) is 9.36 Å². The molecule has 0 amide bonds. The van der Waals surface area contributed by atoms with Crippen LogP contribution in [-0.4, -0.2) is 15.3 Å². The number of rotatable bonds is 4. The summed E-state index contributed by atoms with van der Waals surface area (Å²) >= 11 is 9.24. The molecule has 0 saturated heterocycles. The monoisotopic (exact) mass is 400 g/mol. The number of aryl methyl sites for hydroxylation is 1. The van der Waals surface area contributed by atoms with E-state index >= 15 is 0 Å². The van der Waals surface area contributed by atoms with Gasteiger partial charge in [0, 0.05) is 22.4 Å². The van der Waals surface area contributed by atoms with Gasteiger partial charge in [-0.15, -0.1) is 11.8 Å². The normalized spacial score (nSPS) is 14.2. The van der Waals surface area contributed by atoms with Crippen LogP contribution in [0.1, 0.15) is 23.4 Å². The van der Waals surface area contributed by atoms with Gasteiger partial charge >= 0.3 is 0 Å². The molecule has 3 nitrogen and oxygen atoms in total. The van der Waals surface area contributed by atoms with E-state index in [2.05, 4.69) is 19.1 Å². The molecule has 0 saturated carbocycles. The number of hydrogen-bond donors (Lipinski definition) is 0. The van der Waals surface area contributed by atoms with E-state index in [4.69, 9.17) is 16.6 Å². The van der Waals surface area contributed by atoms with E-state index in [1.807, 2.05) is 30.3 Å². The Morgan fingerprint density at radius 2 is 1.88 bits per heavy atom.